The first-order valence-electron chi connectivity index (χ1n) is 7.00. The first-order chi connectivity index (χ1) is 10.2. The van der Waals surface area contributed by atoms with E-state index in [-0.39, 0.29) is 17.7 Å². The summed E-state index contributed by atoms with van der Waals surface area (Å²) < 4.78 is 29.6. The molecule has 2 unspecified atom stereocenters. The van der Waals surface area contributed by atoms with Crippen LogP contribution < -0.4 is 0 Å². The fraction of sp³-hybridized carbons (Fsp3) is 0.438. The standard InChI is InChI=1S/C16H18FNO3/c1-3-19-15-9-13(11-5-7-12(17)8-6-11)14(10-18)16(21-15)20-4-2/h5-8,13,15H,3-4,9H2,1-2H3. The van der Waals surface area contributed by atoms with Gasteiger partial charge in [-0.15, -0.1) is 0 Å². The molecule has 0 N–H and O–H groups in total. The lowest BCUT2D eigenvalue weighted by Crippen LogP contribution is -2.28. The molecule has 0 spiro atoms. The van der Waals surface area contributed by atoms with Gasteiger partial charge in [0.1, 0.15) is 17.5 Å². The van der Waals surface area contributed by atoms with Crippen molar-refractivity contribution in [3.63, 3.8) is 0 Å². The van der Waals surface area contributed by atoms with Crippen molar-refractivity contribution in [1.29, 1.82) is 5.26 Å². The topological polar surface area (TPSA) is 51.5 Å². The fourth-order valence-electron chi connectivity index (χ4n) is 2.34. The van der Waals surface area contributed by atoms with Gasteiger partial charge in [-0.2, -0.15) is 5.26 Å². The second-order valence-electron chi connectivity index (χ2n) is 4.59. The molecular weight excluding hydrogens is 273 g/mol. The minimum absolute atomic E-state index is 0.207. The molecule has 0 bridgehead atoms. The van der Waals surface area contributed by atoms with Gasteiger partial charge in [0.2, 0.25) is 6.29 Å². The second kappa shape index (κ2) is 7.09. The number of halogens is 1. The average Bonchev–Trinajstić information content (AvgIpc) is 2.48. The average molecular weight is 291 g/mol. The maximum absolute atomic E-state index is 13.1. The number of nitrogens with zero attached hydrogens (tertiary/aromatic N) is 1. The van der Waals surface area contributed by atoms with Gasteiger partial charge in [0.15, 0.2) is 0 Å². The van der Waals surface area contributed by atoms with E-state index < -0.39 is 6.29 Å². The highest BCUT2D eigenvalue weighted by atomic mass is 19.1. The van der Waals surface area contributed by atoms with Gasteiger partial charge < -0.3 is 14.2 Å². The lowest BCUT2D eigenvalue weighted by molar-refractivity contribution is -0.161. The molecule has 4 nitrogen and oxygen atoms in total. The highest BCUT2D eigenvalue weighted by molar-refractivity contribution is 5.38. The van der Waals surface area contributed by atoms with Crippen LogP contribution in [0.5, 0.6) is 0 Å². The van der Waals surface area contributed by atoms with Crippen LogP contribution in [0, 0.1) is 17.1 Å². The van der Waals surface area contributed by atoms with E-state index in [9.17, 15) is 9.65 Å². The smallest absolute Gasteiger partial charge is 0.296 e. The van der Waals surface area contributed by atoms with Crippen molar-refractivity contribution in [2.45, 2.75) is 32.5 Å². The third-order valence-corrected chi connectivity index (χ3v) is 3.26. The molecule has 2 atom stereocenters. The second-order valence-corrected chi connectivity index (χ2v) is 4.59. The van der Waals surface area contributed by atoms with Crippen LogP contribution >= 0.6 is 0 Å². The zero-order chi connectivity index (χ0) is 15.2. The molecule has 1 aromatic rings. The van der Waals surface area contributed by atoms with Crippen molar-refractivity contribution >= 4 is 0 Å². The molecule has 21 heavy (non-hydrogen) atoms. The number of benzene rings is 1. The molecular formula is C16H18FNO3. The van der Waals surface area contributed by atoms with E-state index in [1.807, 2.05) is 13.8 Å². The van der Waals surface area contributed by atoms with Gasteiger partial charge >= 0.3 is 0 Å². The SMILES string of the molecule is CCOC1=C(C#N)C(c2ccc(F)cc2)CC(OCC)O1. The minimum atomic E-state index is -0.469. The van der Waals surface area contributed by atoms with Gasteiger partial charge in [-0.1, -0.05) is 12.1 Å². The predicted molar refractivity (Wildman–Crippen MR) is 74.5 cm³/mol. The molecule has 1 aliphatic rings. The molecule has 0 saturated carbocycles. The summed E-state index contributed by atoms with van der Waals surface area (Å²) in [5.41, 5.74) is 1.26. The Morgan fingerprint density at radius 2 is 2.00 bits per heavy atom. The molecule has 112 valence electrons. The first-order valence-corrected chi connectivity index (χ1v) is 7.00. The van der Waals surface area contributed by atoms with Crippen molar-refractivity contribution in [3.05, 3.63) is 47.2 Å². The Balaban J connectivity index is 2.37. The third-order valence-electron chi connectivity index (χ3n) is 3.26. The van der Waals surface area contributed by atoms with E-state index in [2.05, 4.69) is 6.07 Å². The lowest BCUT2D eigenvalue weighted by atomic mass is 9.87. The van der Waals surface area contributed by atoms with Crippen molar-refractivity contribution in [1.82, 2.24) is 0 Å². The zero-order valence-electron chi connectivity index (χ0n) is 12.1. The Morgan fingerprint density at radius 3 is 2.57 bits per heavy atom. The number of nitriles is 1. The number of allylic oxidation sites excluding steroid dienone is 1. The molecule has 5 heteroatoms. The van der Waals surface area contributed by atoms with Gasteiger partial charge in [-0.25, -0.2) is 4.39 Å². The van der Waals surface area contributed by atoms with Crippen molar-refractivity contribution in [2.75, 3.05) is 13.2 Å². The molecule has 0 radical (unpaired) electrons. The van der Waals surface area contributed by atoms with Crippen LogP contribution in [0.25, 0.3) is 0 Å². The fourth-order valence-corrected chi connectivity index (χ4v) is 2.34. The zero-order valence-corrected chi connectivity index (χ0v) is 12.1. The summed E-state index contributed by atoms with van der Waals surface area (Å²) in [5.74, 6) is -0.318. The van der Waals surface area contributed by atoms with Gasteiger partial charge in [0.25, 0.3) is 5.95 Å². The van der Waals surface area contributed by atoms with E-state index in [0.29, 0.717) is 25.2 Å². The lowest BCUT2D eigenvalue weighted by Gasteiger charge is -2.30. The highest BCUT2D eigenvalue weighted by Gasteiger charge is 2.33. The van der Waals surface area contributed by atoms with Crippen LogP contribution in [0.2, 0.25) is 0 Å². The van der Waals surface area contributed by atoms with Crippen LogP contribution in [0.15, 0.2) is 35.8 Å². The summed E-state index contributed by atoms with van der Waals surface area (Å²) in [6.45, 7) is 4.60. The molecule has 0 amide bonds. The number of rotatable bonds is 5. The van der Waals surface area contributed by atoms with Gasteiger partial charge in [-0.05, 0) is 31.5 Å². The summed E-state index contributed by atoms with van der Waals surface area (Å²) in [7, 11) is 0. The molecule has 1 aliphatic heterocycles. The monoisotopic (exact) mass is 291 g/mol. The van der Waals surface area contributed by atoms with Crippen molar-refractivity contribution in [3.8, 4) is 6.07 Å². The van der Waals surface area contributed by atoms with E-state index in [1.54, 1.807) is 12.1 Å². The van der Waals surface area contributed by atoms with E-state index in [0.717, 1.165) is 5.56 Å². The quantitative estimate of drug-likeness (QED) is 0.833. The maximum Gasteiger partial charge on any atom is 0.296 e. The number of hydrogen-bond acceptors (Lipinski definition) is 4. The molecule has 1 heterocycles. The first kappa shape index (κ1) is 15.3. The summed E-state index contributed by atoms with van der Waals surface area (Å²) in [6.07, 6.45) is 0.0302. The molecule has 0 fully saturated rings. The van der Waals surface area contributed by atoms with Gasteiger partial charge in [0.05, 0.1) is 6.61 Å². The number of ether oxygens (including phenoxy) is 3. The van der Waals surface area contributed by atoms with Crippen molar-refractivity contribution in [2.24, 2.45) is 0 Å². The van der Waals surface area contributed by atoms with Crippen LogP contribution in [0.1, 0.15) is 31.7 Å². The highest BCUT2D eigenvalue weighted by Crippen LogP contribution is 2.37. The van der Waals surface area contributed by atoms with Gasteiger partial charge in [0, 0.05) is 18.9 Å². The largest absolute Gasteiger partial charge is 0.465 e. The Hall–Kier alpha value is -2.06. The Bertz CT molecular complexity index is 548. The molecule has 0 aromatic heterocycles. The van der Waals surface area contributed by atoms with Crippen LogP contribution in [-0.4, -0.2) is 19.5 Å². The molecule has 1 aromatic carbocycles. The number of hydrogen-bond donors (Lipinski definition) is 0. The van der Waals surface area contributed by atoms with Crippen LogP contribution in [0.4, 0.5) is 4.39 Å². The summed E-state index contributed by atoms with van der Waals surface area (Å²) in [4.78, 5) is 0. The Labute approximate surface area is 123 Å². The Kier molecular flexibility index (Phi) is 5.18. The molecule has 0 aliphatic carbocycles. The minimum Gasteiger partial charge on any atom is -0.465 e. The van der Waals surface area contributed by atoms with E-state index in [4.69, 9.17) is 14.2 Å². The molecule has 2 rings (SSSR count). The van der Waals surface area contributed by atoms with Crippen molar-refractivity contribution < 1.29 is 18.6 Å². The van der Waals surface area contributed by atoms with Gasteiger partial charge in [-0.3, -0.25) is 0 Å². The Morgan fingerprint density at radius 1 is 1.29 bits per heavy atom. The van der Waals surface area contributed by atoms with E-state index in [1.165, 1.54) is 12.1 Å². The summed E-state index contributed by atoms with van der Waals surface area (Å²) in [6, 6.07) is 8.27. The maximum atomic E-state index is 13.1. The van der Waals surface area contributed by atoms with Crippen LogP contribution in [-0.2, 0) is 14.2 Å². The van der Waals surface area contributed by atoms with E-state index >= 15 is 0 Å². The third kappa shape index (κ3) is 3.53. The molecule has 0 saturated heterocycles. The normalized spacial score (nSPS) is 21.6. The van der Waals surface area contributed by atoms with Crippen LogP contribution in [0.3, 0.4) is 0 Å². The summed E-state index contributed by atoms with van der Waals surface area (Å²) >= 11 is 0. The summed E-state index contributed by atoms with van der Waals surface area (Å²) in [5, 5.41) is 9.41. The predicted octanol–water partition coefficient (Wildman–Crippen LogP) is 3.46.